The van der Waals surface area contributed by atoms with Crippen molar-refractivity contribution >= 4 is 27.6 Å². The van der Waals surface area contributed by atoms with Crippen molar-refractivity contribution in [2.45, 2.75) is 4.90 Å². The third-order valence-corrected chi connectivity index (χ3v) is 6.21. The fraction of sp³-hybridized carbons (Fsp3) is 0.263. The number of carbonyl (C=O) groups excluding carboxylic acids is 2. The van der Waals surface area contributed by atoms with Crippen molar-refractivity contribution in [2.75, 3.05) is 38.7 Å². The van der Waals surface area contributed by atoms with Crippen molar-refractivity contribution in [3.8, 4) is 0 Å². The lowest BCUT2D eigenvalue weighted by atomic mass is 10.1. The maximum absolute atomic E-state index is 12.6. The van der Waals surface area contributed by atoms with E-state index in [4.69, 9.17) is 4.74 Å². The number of anilines is 1. The molecule has 0 bridgehead atoms. The van der Waals surface area contributed by atoms with Crippen LogP contribution in [0, 0.1) is 0 Å². The highest BCUT2D eigenvalue weighted by Gasteiger charge is 2.26. The number of amides is 1. The Balaban J connectivity index is 1.76. The lowest BCUT2D eigenvalue weighted by molar-refractivity contribution is 0.0597. The van der Waals surface area contributed by atoms with Gasteiger partial charge in [-0.05, 0) is 36.4 Å². The summed E-state index contributed by atoms with van der Waals surface area (Å²) in [6.45, 7) is 1.36. The summed E-state index contributed by atoms with van der Waals surface area (Å²) in [6, 6.07) is 12.2. The molecule has 8 nitrogen and oxygen atoms in total. The number of hydrogen-bond acceptors (Lipinski definition) is 6. The molecule has 2 aromatic rings. The van der Waals surface area contributed by atoms with E-state index in [0.717, 1.165) is 0 Å². The molecule has 2 aromatic carbocycles. The molecular formula is C19H20N2O6S. The van der Waals surface area contributed by atoms with Gasteiger partial charge in [-0.2, -0.15) is 4.31 Å². The van der Waals surface area contributed by atoms with E-state index in [9.17, 15) is 18.0 Å². The van der Waals surface area contributed by atoms with Gasteiger partial charge in [-0.15, -0.1) is 0 Å². The molecule has 9 heteroatoms. The van der Waals surface area contributed by atoms with Gasteiger partial charge in [0.2, 0.25) is 10.0 Å². The molecule has 0 aliphatic carbocycles. The van der Waals surface area contributed by atoms with Crippen LogP contribution in [0.4, 0.5) is 5.69 Å². The average molecular weight is 404 g/mol. The summed E-state index contributed by atoms with van der Waals surface area (Å²) in [5.41, 5.74) is 0.721. The first-order valence-corrected chi connectivity index (χ1v) is 10.0. The predicted octanol–water partition coefficient (Wildman–Crippen LogP) is 1.75. The number of morpholine rings is 1. The van der Waals surface area contributed by atoms with Crippen LogP contribution in [0.3, 0.4) is 0 Å². The number of carbonyl (C=O) groups is 2. The minimum Gasteiger partial charge on any atom is -0.465 e. The van der Waals surface area contributed by atoms with Gasteiger partial charge in [0, 0.05) is 18.8 Å². The zero-order chi connectivity index (χ0) is 20.1. The van der Waals surface area contributed by atoms with Gasteiger partial charge >= 0.3 is 5.97 Å². The van der Waals surface area contributed by atoms with Gasteiger partial charge in [-0.1, -0.05) is 12.1 Å². The van der Waals surface area contributed by atoms with Crippen LogP contribution in [-0.2, 0) is 19.5 Å². The van der Waals surface area contributed by atoms with Gasteiger partial charge in [-0.25, -0.2) is 13.2 Å². The Morgan fingerprint density at radius 3 is 2.21 bits per heavy atom. The van der Waals surface area contributed by atoms with E-state index in [0.29, 0.717) is 32.0 Å². The van der Waals surface area contributed by atoms with Gasteiger partial charge in [0.1, 0.15) is 0 Å². The predicted molar refractivity (Wildman–Crippen MR) is 102 cm³/mol. The van der Waals surface area contributed by atoms with Crippen molar-refractivity contribution in [3.63, 3.8) is 0 Å². The second-order valence-electron chi connectivity index (χ2n) is 6.03. The van der Waals surface area contributed by atoms with Crippen LogP contribution < -0.4 is 5.32 Å². The molecule has 0 atom stereocenters. The van der Waals surface area contributed by atoms with Gasteiger partial charge in [0.05, 0.1) is 36.3 Å². The van der Waals surface area contributed by atoms with E-state index >= 15 is 0 Å². The van der Waals surface area contributed by atoms with Crippen molar-refractivity contribution < 1.29 is 27.5 Å². The van der Waals surface area contributed by atoms with Gasteiger partial charge in [-0.3, -0.25) is 4.79 Å². The normalized spacial score (nSPS) is 15.0. The molecule has 0 radical (unpaired) electrons. The van der Waals surface area contributed by atoms with Gasteiger partial charge in [0.15, 0.2) is 0 Å². The number of sulfonamides is 1. The van der Waals surface area contributed by atoms with Crippen LogP contribution >= 0.6 is 0 Å². The summed E-state index contributed by atoms with van der Waals surface area (Å²) in [7, 11) is -2.36. The molecule has 1 N–H and O–H groups in total. The first-order chi connectivity index (χ1) is 13.4. The van der Waals surface area contributed by atoms with Crippen molar-refractivity contribution in [3.05, 3.63) is 59.7 Å². The van der Waals surface area contributed by atoms with E-state index in [2.05, 4.69) is 10.1 Å². The monoisotopic (exact) mass is 404 g/mol. The van der Waals surface area contributed by atoms with Crippen LogP contribution in [0.2, 0.25) is 0 Å². The molecule has 1 aliphatic rings. The standard InChI is InChI=1S/C19H20N2O6S/c1-26-19(23)17-5-3-2-4-16(17)18(22)20-14-6-8-15(9-7-14)28(24,25)21-10-12-27-13-11-21/h2-9H,10-13H2,1H3,(H,20,22). The molecular weight excluding hydrogens is 384 g/mol. The van der Waals surface area contributed by atoms with E-state index in [1.165, 1.54) is 47.8 Å². The average Bonchev–Trinajstić information content (AvgIpc) is 2.74. The third-order valence-electron chi connectivity index (χ3n) is 4.30. The number of esters is 1. The highest BCUT2D eigenvalue weighted by Crippen LogP contribution is 2.20. The van der Waals surface area contributed by atoms with Crippen molar-refractivity contribution in [2.24, 2.45) is 0 Å². The smallest absolute Gasteiger partial charge is 0.338 e. The van der Waals surface area contributed by atoms with Crippen LogP contribution in [0.5, 0.6) is 0 Å². The second kappa shape index (κ2) is 8.51. The summed E-state index contributed by atoms with van der Waals surface area (Å²) in [4.78, 5) is 24.5. The molecule has 1 fully saturated rings. The molecule has 28 heavy (non-hydrogen) atoms. The first-order valence-electron chi connectivity index (χ1n) is 8.60. The van der Waals surface area contributed by atoms with Crippen molar-refractivity contribution in [1.82, 2.24) is 4.31 Å². The Bertz CT molecular complexity index is 966. The molecule has 0 saturated carbocycles. The summed E-state index contributed by atoms with van der Waals surface area (Å²) >= 11 is 0. The number of methoxy groups -OCH3 is 1. The minimum atomic E-state index is -3.60. The minimum absolute atomic E-state index is 0.141. The molecule has 148 valence electrons. The van der Waals surface area contributed by atoms with E-state index in [1.54, 1.807) is 12.1 Å². The van der Waals surface area contributed by atoms with Gasteiger partial charge < -0.3 is 14.8 Å². The molecule has 1 amide bonds. The molecule has 0 unspecified atom stereocenters. The number of ether oxygens (including phenoxy) is 2. The Hall–Kier alpha value is -2.75. The number of nitrogens with zero attached hydrogens (tertiary/aromatic N) is 1. The fourth-order valence-electron chi connectivity index (χ4n) is 2.81. The highest BCUT2D eigenvalue weighted by molar-refractivity contribution is 7.89. The van der Waals surface area contributed by atoms with Crippen LogP contribution in [0.25, 0.3) is 0 Å². The third kappa shape index (κ3) is 4.22. The maximum atomic E-state index is 12.6. The molecule has 1 heterocycles. The Labute approximate surface area is 163 Å². The number of nitrogens with one attached hydrogen (secondary N) is 1. The van der Waals surface area contributed by atoms with Gasteiger partial charge in [0.25, 0.3) is 5.91 Å². The molecule has 0 spiro atoms. The Morgan fingerprint density at radius 1 is 1.00 bits per heavy atom. The molecule has 1 aliphatic heterocycles. The highest BCUT2D eigenvalue weighted by atomic mass is 32.2. The zero-order valence-electron chi connectivity index (χ0n) is 15.3. The molecule has 3 rings (SSSR count). The Morgan fingerprint density at radius 2 is 1.61 bits per heavy atom. The maximum Gasteiger partial charge on any atom is 0.338 e. The van der Waals surface area contributed by atoms with E-state index in [1.807, 2.05) is 0 Å². The fourth-order valence-corrected chi connectivity index (χ4v) is 4.22. The molecule has 0 aromatic heterocycles. The summed E-state index contributed by atoms with van der Waals surface area (Å²) < 4.78 is 36.5. The van der Waals surface area contributed by atoms with E-state index < -0.39 is 21.9 Å². The molecule has 1 saturated heterocycles. The van der Waals surface area contributed by atoms with Crippen LogP contribution in [-0.4, -0.2) is 58.0 Å². The number of rotatable bonds is 5. The van der Waals surface area contributed by atoms with Crippen LogP contribution in [0.15, 0.2) is 53.4 Å². The number of benzene rings is 2. The lowest BCUT2D eigenvalue weighted by Crippen LogP contribution is -2.40. The summed E-state index contributed by atoms with van der Waals surface area (Å²) in [5, 5.41) is 2.66. The topological polar surface area (TPSA) is 102 Å². The summed E-state index contributed by atoms with van der Waals surface area (Å²) in [6.07, 6.45) is 0. The van der Waals surface area contributed by atoms with E-state index in [-0.39, 0.29) is 16.0 Å². The quantitative estimate of drug-likeness (QED) is 0.762. The first kappa shape index (κ1) is 20.0. The second-order valence-corrected chi connectivity index (χ2v) is 7.97. The zero-order valence-corrected chi connectivity index (χ0v) is 16.1. The lowest BCUT2D eigenvalue weighted by Gasteiger charge is -2.26. The largest absolute Gasteiger partial charge is 0.465 e. The van der Waals surface area contributed by atoms with Crippen LogP contribution in [0.1, 0.15) is 20.7 Å². The van der Waals surface area contributed by atoms with Crippen molar-refractivity contribution in [1.29, 1.82) is 0 Å². The number of hydrogen-bond donors (Lipinski definition) is 1. The Kier molecular flexibility index (Phi) is 6.08. The SMILES string of the molecule is COC(=O)c1ccccc1C(=O)Nc1ccc(S(=O)(=O)N2CCOCC2)cc1. The summed E-state index contributed by atoms with van der Waals surface area (Å²) in [5.74, 6) is -1.11.